The second-order valence-corrected chi connectivity index (χ2v) is 8.19. The number of carbonyl (C=O) groups excluding carboxylic acids is 1. The maximum atomic E-state index is 13.2. The SMILES string of the molecule is COc1c(Oc2ccc(CCN)cc2)cc(C(=O)NC2(C3CC3)CC2)c(OC)c1OC.Cl. The number of carbonyl (C=O) groups is 1. The van der Waals surface area contributed by atoms with E-state index in [0.717, 1.165) is 24.8 Å². The monoisotopic (exact) mass is 462 g/mol. The molecule has 0 spiro atoms. The third kappa shape index (κ3) is 4.74. The highest BCUT2D eigenvalue weighted by Crippen LogP contribution is 2.54. The van der Waals surface area contributed by atoms with E-state index in [1.54, 1.807) is 6.07 Å². The van der Waals surface area contributed by atoms with Crippen LogP contribution in [0, 0.1) is 5.92 Å². The highest BCUT2D eigenvalue weighted by molar-refractivity contribution is 6.00. The molecule has 2 aliphatic carbocycles. The molecule has 0 atom stereocenters. The number of nitrogens with one attached hydrogen (secondary N) is 1. The second kappa shape index (κ2) is 9.88. The lowest BCUT2D eigenvalue weighted by Crippen LogP contribution is -2.38. The Hall–Kier alpha value is -2.64. The molecular weight excluding hydrogens is 432 g/mol. The molecule has 174 valence electrons. The average molecular weight is 463 g/mol. The predicted octanol–water partition coefficient (Wildman–Crippen LogP) is 4.10. The minimum atomic E-state index is -0.189. The molecule has 7 nitrogen and oxygen atoms in total. The van der Waals surface area contributed by atoms with Gasteiger partial charge in [-0.25, -0.2) is 0 Å². The second-order valence-electron chi connectivity index (χ2n) is 8.19. The molecule has 3 N–H and O–H groups in total. The van der Waals surface area contributed by atoms with Crippen LogP contribution in [0.4, 0.5) is 0 Å². The van der Waals surface area contributed by atoms with Gasteiger partial charge >= 0.3 is 0 Å². The van der Waals surface area contributed by atoms with Crippen LogP contribution >= 0.6 is 12.4 Å². The summed E-state index contributed by atoms with van der Waals surface area (Å²) in [5.74, 6) is 2.42. The van der Waals surface area contributed by atoms with Crippen molar-refractivity contribution in [3.05, 3.63) is 41.5 Å². The Kier molecular flexibility index (Phi) is 7.41. The smallest absolute Gasteiger partial charge is 0.255 e. The fourth-order valence-electron chi connectivity index (χ4n) is 4.14. The van der Waals surface area contributed by atoms with Crippen molar-refractivity contribution in [1.82, 2.24) is 5.32 Å². The molecule has 0 bridgehead atoms. The Morgan fingerprint density at radius 1 is 1.03 bits per heavy atom. The van der Waals surface area contributed by atoms with Crippen LogP contribution in [0.3, 0.4) is 0 Å². The minimum Gasteiger partial charge on any atom is -0.492 e. The zero-order valence-corrected chi connectivity index (χ0v) is 19.6. The first-order valence-electron chi connectivity index (χ1n) is 10.7. The lowest BCUT2D eigenvalue weighted by molar-refractivity contribution is 0.0921. The van der Waals surface area contributed by atoms with Gasteiger partial charge < -0.3 is 30.0 Å². The van der Waals surface area contributed by atoms with Gasteiger partial charge in [-0.05, 0) is 62.3 Å². The minimum absolute atomic E-state index is 0. The molecule has 0 heterocycles. The van der Waals surface area contributed by atoms with Crippen molar-refractivity contribution in [3.8, 4) is 28.7 Å². The van der Waals surface area contributed by atoms with Crippen molar-refractivity contribution in [1.29, 1.82) is 0 Å². The van der Waals surface area contributed by atoms with E-state index in [4.69, 9.17) is 24.7 Å². The number of hydrogen-bond donors (Lipinski definition) is 2. The maximum Gasteiger partial charge on any atom is 0.255 e. The lowest BCUT2D eigenvalue weighted by Gasteiger charge is -2.21. The Morgan fingerprint density at radius 3 is 2.16 bits per heavy atom. The predicted molar refractivity (Wildman–Crippen MR) is 125 cm³/mol. The molecule has 0 unspecified atom stereocenters. The number of halogens is 1. The Bertz CT molecular complexity index is 956. The van der Waals surface area contributed by atoms with Crippen LogP contribution in [-0.4, -0.2) is 39.3 Å². The van der Waals surface area contributed by atoms with Crippen molar-refractivity contribution in [3.63, 3.8) is 0 Å². The Labute approximate surface area is 195 Å². The summed E-state index contributed by atoms with van der Waals surface area (Å²) >= 11 is 0. The fraction of sp³-hybridized carbons (Fsp3) is 0.458. The molecule has 2 aliphatic rings. The van der Waals surface area contributed by atoms with Crippen LogP contribution in [0.2, 0.25) is 0 Å². The van der Waals surface area contributed by atoms with Gasteiger partial charge in [0.05, 0.1) is 26.9 Å². The van der Waals surface area contributed by atoms with Gasteiger partial charge in [0.1, 0.15) is 5.75 Å². The van der Waals surface area contributed by atoms with E-state index in [1.807, 2.05) is 24.3 Å². The van der Waals surface area contributed by atoms with E-state index in [-0.39, 0.29) is 23.9 Å². The van der Waals surface area contributed by atoms with E-state index in [0.29, 0.717) is 46.8 Å². The number of methoxy groups -OCH3 is 3. The molecule has 32 heavy (non-hydrogen) atoms. The van der Waals surface area contributed by atoms with Crippen LogP contribution in [0.1, 0.15) is 41.6 Å². The van der Waals surface area contributed by atoms with Gasteiger partial charge in [0.2, 0.25) is 11.5 Å². The largest absolute Gasteiger partial charge is 0.492 e. The van der Waals surface area contributed by atoms with Crippen LogP contribution < -0.4 is 30.0 Å². The standard InChI is InChI=1S/C24H30N2O5.ClH/c1-28-20-18(23(27)26-24(11-12-24)16-6-7-16)14-19(21(29-2)22(20)30-3)31-17-8-4-15(5-9-17)10-13-25;/h4-5,8-9,14,16H,6-7,10-13,25H2,1-3H3,(H,26,27);1H. The normalized spacial score (nSPS) is 15.9. The van der Waals surface area contributed by atoms with E-state index in [2.05, 4.69) is 5.32 Å². The molecule has 2 aromatic carbocycles. The summed E-state index contributed by atoms with van der Waals surface area (Å²) in [5.41, 5.74) is 7.05. The van der Waals surface area contributed by atoms with Crippen molar-refractivity contribution in [2.75, 3.05) is 27.9 Å². The summed E-state index contributed by atoms with van der Waals surface area (Å²) in [6, 6.07) is 9.33. The number of hydrogen-bond acceptors (Lipinski definition) is 6. The molecule has 0 radical (unpaired) electrons. The number of ether oxygens (including phenoxy) is 4. The highest BCUT2D eigenvalue weighted by atomic mass is 35.5. The van der Waals surface area contributed by atoms with E-state index in [9.17, 15) is 4.79 Å². The van der Waals surface area contributed by atoms with Crippen LogP contribution in [0.5, 0.6) is 28.7 Å². The van der Waals surface area contributed by atoms with Crippen LogP contribution in [-0.2, 0) is 6.42 Å². The zero-order chi connectivity index (χ0) is 22.0. The van der Waals surface area contributed by atoms with E-state index < -0.39 is 0 Å². The van der Waals surface area contributed by atoms with Gasteiger partial charge in [-0.15, -0.1) is 12.4 Å². The summed E-state index contributed by atoms with van der Waals surface area (Å²) < 4.78 is 22.8. The van der Waals surface area contributed by atoms with Gasteiger partial charge in [0.25, 0.3) is 5.91 Å². The lowest BCUT2D eigenvalue weighted by atomic mass is 10.1. The third-order valence-corrected chi connectivity index (χ3v) is 6.11. The van der Waals surface area contributed by atoms with Gasteiger partial charge in [-0.2, -0.15) is 0 Å². The van der Waals surface area contributed by atoms with Crippen molar-refractivity contribution in [2.45, 2.75) is 37.6 Å². The Morgan fingerprint density at radius 2 is 1.66 bits per heavy atom. The third-order valence-electron chi connectivity index (χ3n) is 6.11. The molecule has 0 aliphatic heterocycles. The van der Waals surface area contributed by atoms with Crippen LogP contribution in [0.25, 0.3) is 0 Å². The number of benzene rings is 2. The highest BCUT2D eigenvalue weighted by Gasteiger charge is 2.55. The van der Waals surface area contributed by atoms with E-state index in [1.165, 1.54) is 34.2 Å². The van der Waals surface area contributed by atoms with Crippen LogP contribution in [0.15, 0.2) is 30.3 Å². The van der Waals surface area contributed by atoms with Gasteiger partial charge in [0, 0.05) is 11.6 Å². The molecule has 2 aromatic rings. The molecule has 2 saturated carbocycles. The summed E-state index contributed by atoms with van der Waals surface area (Å²) in [7, 11) is 4.55. The van der Waals surface area contributed by atoms with Gasteiger partial charge in [-0.1, -0.05) is 12.1 Å². The zero-order valence-electron chi connectivity index (χ0n) is 18.7. The van der Waals surface area contributed by atoms with Crippen molar-refractivity contribution < 1.29 is 23.7 Å². The fourth-order valence-corrected chi connectivity index (χ4v) is 4.14. The van der Waals surface area contributed by atoms with Crippen molar-refractivity contribution in [2.24, 2.45) is 11.7 Å². The molecule has 0 saturated heterocycles. The maximum absolute atomic E-state index is 13.2. The van der Waals surface area contributed by atoms with Crippen molar-refractivity contribution >= 4 is 18.3 Å². The first-order valence-corrected chi connectivity index (χ1v) is 10.7. The number of nitrogens with two attached hydrogens (primary N) is 1. The summed E-state index contributed by atoms with van der Waals surface area (Å²) in [5, 5.41) is 3.24. The van der Waals surface area contributed by atoms with E-state index >= 15 is 0 Å². The molecule has 4 rings (SSSR count). The average Bonchev–Trinajstić information content (AvgIpc) is 3.68. The summed E-state index contributed by atoms with van der Waals surface area (Å²) in [6.07, 6.45) is 5.21. The topological polar surface area (TPSA) is 92.0 Å². The summed E-state index contributed by atoms with van der Waals surface area (Å²) in [6.45, 7) is 0.588. The Balaban J connectivity index is 0.00000289. The molecule has 2 fully saturated rings. The first kappa shape index (κ1) is 24.0. The molecule has 1 amide bonds. The molecule has 8 heteroatoms. The van der Waals surface area contributed by atoms with Gasteiger partial charge in [-0.3, -0.25) is 4.79 Å². The summed E-state index contributed by atoms with van der Waals surface area (Å²) in [4.78, 5) is 13.2. The number of amides is 1. The number of rotatable bonds is 10. The molecular formula is C24H31ClN2O5. The molecule has 0 aromatic heterocycles. The van der Waals surface area contributed by atoms with Gasteiger partial charge in [0.15, 0.2) is 11.5 Å². The quantitative estimate of drug-likeness (QED) is 0.552. The first-order chi connectivity index (χ1) is 15.0.